The predicted molar refractivity (Wildman–Crippen MR) is 78.2 cm³/mol. The van der Waals surface area contributed by atoms with Crippen LogP contribution in [0, 0.1) is 5.82 Å². The third kappa shape index (κ3) is 7.02. The van der Waals surface area contributed by atoms with E-state index in [2.05, 4.69) is 10.6 Å². The molecule has 0 saturated heterocycles. The Kier molecular flexibility index (Phi) is 6.53. The lowest BCUT2D eigenvalue weighted by atomic mass is 10.2. The Labute approximate surface area is 122 Å². The lowest BCUT2D eigenvalue weighted by Gasteiger charge is -2.10. The molecule has 0 fully saturated rings. The van der Waals surface area contributed by atoms with Gasteiger partial charge in [0.1, 0.15) is 5.82 Å². The van der Waals surface area contributed by atoms with Crippen LogP contribution in [-0.2, 0) is 19.6 Å². The summed E-state index contributed by atoms with van der Waals surface area (Å²) in [5.74, 6) is -1.06. The van der Waals surface area contributed by atoms with Gasteiger partial charge in [0, 0.05) is 19.3 Å². The van der Waals surface area contributed by atoms with Gasteiger partial charge >= 0.3 is 0 Å². The number of nitrogens with one attached hydrogen (secondary N) is 3. The molecule has 0 aromatic heterocycles. The van der Waals surface area contributed by atoms with Crippen LogP contribution in [0.15, 0.2) is 18.2 Å². The second-order valence-corrected chi connectivity index (χ2v) is 6.04. The number of hydrogen-bond donors (Lipinski definition) is 3. The Morgan fingerprint density at radius 2 is 2.10 bits per heavy atom. The Hall–Kier alpha value is -1.71. The van der Waals surface area contributed by atoms with Crippen molar-refractivity contribution in [2.75, 3.05) is 43.1 Å². The Bertz CT molecular complexity index is 592. The number of anilines is 2. The molecule has 21 heavy (non-hydrogen) atoms. The zero-order valence-electron chi connectivity index (χ0n) is 11.8. The highest BCUT2D eigenvalue weighted by Gasteiger charge is 2.10. The number of sulfonamides is 1. The molecule has 1 rings (SSSR count). The smallest absolute Gasteiger partial charge is 0.238 e. The van der Waals surface area contributed by atoms with Gasteiger partial charge in [-0.25, -0.2) is 12.8 Å². The standard InChI is InChI=1S/C12H18FN3O4S/c1-20-6-5-14-8-12(17)15-9-3-4-10(13)11(7-9)16-21(2,18)19/h3-4,7,14,16H,5-6,8H2,1-2H3,(H,15,17). The van der Waals surface area contributed by atoms with Crippen molar-refractivity contribution in [2.24, 2.45) is 0 Å². The number of halogens is 1. The number of hydrogen-bond acceptors (Lipinski definition) is 5. The number of carbonyl (C=O) groups is 1. The summed E-state index contributed by atoms with van der Waals surface area (Å²) in [5, 5.41) is 5.38. The molecule has 0 radical (unpaired) electrons. The molecule has 0 unspecified atom stereocenters. The molecule has 0 saturated carbocycles. The number of benzene rings is 1. The molecule has 1 aromatic carbocycles. The summed E-state index contributed by atoms with van der Waals surface area (Å²) in [6.07, 6.45) is 0.914. The molecule has 1 amide bonds. The van der Waals surface area contributed by atoms with E-state index in [1.807, 2.05) is 4.72 Å². The third-order valence-corrected chi connectivity index (χ3v) is 2.90. The third-order valence-electron chi connectivity index (χ3n) is 2.31. The van der Waals surface area contributed by atoms with Crippen LogP contribution in [0.3, 0.4) is 0 Å². The van der Waals surface area contributed by atoms with Gasteiger partial charge in [-0.15, -0.1) is 0 Å². The van der Waals surface area contributed by atoms with E-state index < -0.39 is 15.8 Å². The predicted octanol–water partition coefficient (Wildman–Crippen LogP) is 0.372. The first-order chi connectivity index (χ1) is 9.81. The summed E-state index contributed by atoms with van der Waals surface area (Å²) in [6.45, 7) is 1.07. The molecular weight excluding hydrogens is 301 g/mol. The maximum absolute atomic E-state index is 13.5. The largest absolute Gasteiger partial charge is 0.383 e. The van der Waals surface area contributed by atoms with Crippen molar-refractivity contribution in [3.63, 3.8) is 0 Å². The zero-order chi connectivity index (χ0) is 15.9. The minimum absolute atomic E-state index is 0.0651. The summed E-state index contributed by atoms with van der Waals surface area (Å²) in [6, 6.07) is 3.63. The minimum Gasteiger partial charge on any atom is -0.383 e. The van der Waals surface area contributed by atoms with E-state index in [1.54, 1.807) is 7.11 Å². The number of amides is 1. The lowest BCUT2D eigenvalue weighted by molar-refractivity contribution is -0.115. The SMILES string of the molecule is COCCNCC(=O)Nc1ccc(F)c(NS(C)(=O)=O)c1. The van der Waals surface area contributed by atoms with Crippen molar-refractivity contribution >= 4 is 27.3 Å². The van der Waals surface area contributed by atoms with Gasteiger partial charge in [-0.3, -0.25) is 9.52 Å². The summed E-state index contributed by atoms with van der Waals surface area (Å²) >= 11 is 0. The van der Waals surface area contributed by atoms with Crippen molar-refractivity contribution in [3.05, 3.63) is 24.0 Å². The minimum atomic E-state index is -3.59. The Morgan fingerprint density at radius 1 is 1.38 bits per heavy atom. The van der Waals surface area contributed by atoms with Crippen LogP contribution in [0.25, 0.3) is 0 Å². The number of methoxy groups -OCH3 is 1. The number of ether oxygens (including phenoxy) is 1. The van der Waals surface area contributed by atoms with Gasteiger partial charge in [0.25, 0.3) is 0 Å². The van der Waals surface area contributed by atoms with Crippen molar-refractivity contribution in [1.29, 1.82) is 0 Å². The van der Waals surface area contributed by atoms with Crippen molar-refractivity contribution in [3.8, 4) is 0 Å². The van der Waals surface area contributed by atoms with Crippen LogP contribution >= 0.6 is 0 Å². The molecule has 0 aliphatic carbocycles. The fourth-order valence-electron chi connectivity index (χ4n) is 1.46. The zero-order valence-corrected chi connectivity index (χ0v) is 12.6. The molecule has 0 bridgehead atoms. The van der Waals surface area contributed by atoms with E-state index in [0.717, 1.165) is 12.3 Å². The fraction of sp³-hybridized carbons (Fsp3) is 0.417. The molecule has 0 atom stereocenters. The lowest BCUT2D eigenvalue weighted by Crippen LogP contribution is -2.30. The van der Waals surface area contributed by atoms with Gasteiger partial charge in [0.05, 0.1) is 25.1 Å². The topological polar surface area (TPSA) is 96.5 Å². The maximum Gasteiger partial charge on any atom is 0.238 e. The van der Waals surface area contributed by atoms with Gasteiger partial charge in [-0.05, 0) is 18.2 Å². The second kappa shape index (κ2) is 7.91. The second-order valence-electron chi connectivity index (χ2n) is 4.29. The van der Waals surface area contributed by atoms with E-state index in [9.17, 15) is 17.6 Å². The van der Waals surface area contributed by atoms with Gasteiger partial charge in [-0.1, -0.05) is 0 Å². The van der Waals surface area contributed by atoms with Crippen LogP contribution in [0.2, 0.25) is 0 Å². The molecule has 7 nitrogen and oxygen atoms in total. The maximum atomic E-state index is 13.5. The van der Waals surface area contributed by atoms with Gasteiger partial charge in [0.2, 0.25) is 15.9 Å². The highest BCUT2D eigenvalue weighted by atomic mass is 32.2. The first-order valence-electron chi connectivity index (χ1n) is 6.08. The van der Waals surface area contributed by atoms with E-state index in [0.29, 0.717) is 18.8 Å². The first-order valence-corrected chi connectivity index (χ1v) is 7.98. The molecular formula is C12H18FN3O4S. The van der Waals surface area contributed by atoms with Gasteiger partial charge < -0.3 is 15.4 Å². The summed E-state index contributed by atoms with van der Waals surface area (Å²) in [7, 11) is -2.04. The van der Waals surface area contributed by atoms with Gasteiger partial charge in [0.15, 0.2) is 0 Å². The first kappa shape index (κ1) is 17.3. The van der Waals surface area contributed by atoms with Crippen LogP contribution in [0.4, 0.5) is 15.8 Å². The monoisotopic (exact) mass is 319 g/mol. The van der Waals surface area contributed by atoms with Gasteiger partial charge in [-0.2, -0.15) is 0 Å². The van der Waals surface area contributed by atoms with E-state index in [1.165, 1.54) is 12.1 Å². The Balaban J connectivity index is 2.63. The molecule has 9 heteroatoms. The fourth-order valence-corrected chi connectivity index (χ4v) is 2.02. The van der Waals surface area contributed by atoms with Crippen LogP contribution < -0.4 is 15.4 Å². The summed E-state index contributed by atoms with van der Waals surface area (Å²) < 4.78 is 42.5. The van der Waals surface area contributed by atoms with Crippen molar-refractivity contribution in [1.82, 2.24) is 5.32 Å². The van der Waals surface area contributed by atoms with E-state index >= 15 is 0 Å². The van der Waals surface area contributed by atoms with Crippen LogP contribution in [-0.4, -0.2) is 47.4 Å². The summed E-state index contributed by atoms with van der Waals surface area (Å²) in [5.41, 5.74) is 0.0729. The normalized spacial score (nSPS) is 11.2. The molecule has 3 N–H and O–H groups in total. The van der Waals surface area contributed by atoms with Crippen molar-refractivity contribution < 1.29 is 22.3 Å². The van der Waals surface area contributed by atoms with Crippen LogP contribution in [0.1, 0.15) is 0 Å². The number of carbonyl (C=O) groups excluding carboxylic acids is 1. The Morgan fingerprint density at radius 3 is 2.71 bits per heavy atom. The highest BCUT2D eigenvalue weighted by Crippen LogP contribution is 2.20. The molecule has 1 aromatic rings. The molecule has 0 heterocycles. The quantitative estimate of drug-likeness (QED) is 0.602. The molecule has 0 aliphatic heterocycles. The molecule has 0 aliphatic rings. The van der Waals surface area contributed by atoms with Crippen LogP contribution in [0.5, 0.6) is 0 Å². The van der Waals surface area contributed by atoms with E-state index in [-0.39, 0.29) is 18.1 Å². The number of rotatable bonds is 8. The highest BCUT2D eigenvalue weighted by molar-refractivity contribution is 7.92. The average molecular weight is 319 g/mol. The average Bonchev–Trinajstić information content (AvgIpc) is 2.37. The van der Waals surface area contributed by atoms with E-state index in [4.69, 9.17) is 4.74 Å². The summed E-state index contributed by atoms with van der Waals surface area (Å²) in [4.78, 5) is 11.6. The van der Waals surface area contributed by atoms with Crippen molar-refractivity contribution in [2.45, 2.75) is 0 Å². The molecule has 0 spiro atoms. The molecule has 118 valence electrons.